The lowest BCUT2D eigenvalue weighted by Crippen LogP contribution is -2.27. The van der Waals surface area contributed by atoms with Crippen LogP contribution in [0.25, 0.3) is 0 Å². The lowest BCUT2D eigenvalue weighted by molar-refractivity contribution is -0.118. The normalized spacial score (nSPS) is 13.5. The molecule has 6 nitrogen and oxygen atoms in total. The molecule has 0 aromatic heterocycles. The van der Waals surface area contributed by atoms with E-state index in [0.717, 1.165) is 23.2 Å². The summed E-state index contributed by atoms with van der Waals surface area (Å²) in [5.74, 6) is 0.0570. The predicted octanol–water partition coefficient (Wildman–Crippen LogP) is 4.94. The third-order valence-electron chi connectivity index (χ3n) is 4.21. The van der Waals surface area contributed by atoms with Crippen molar-refractivity contribution in [2.45, 2.75) is 24.7 Å². The summed E-state index contributed by atoms with van der Waals surface area (Å²) in [6.45, 7) is 2.43. The van der Waals surface area contributed by atoms with Gasteiger partial charge in [0.05, 0.1) is 0 Å². The summed E-state index contributed by atoms with van der Waals surface area (Å²) in [5, 5.41) is 0.877. The minimum atomic E-state index is -4.33. The molecule has 0 saturated carbocycles. The van der Waals surface area contributed by atoms with Gasteiger partial charge in [0, 0.05) is 39.3 Å². The average molecular weight is 461 g/mol. The van der Waals surface area contributed by atoms with Crippen LogP contribution in [0.3, 0.4) is 0 Å². The van der Waals surface area contributed by atoms with Crippen LogP contribution in [0.15, 0.2) is 41.3 Å². The number of hydrogen-bond donors (Lipinski definition) is 2. The zero-order chi connectivity index (χ0) is 20.5. The molecule has 3 rings (SSSR count). The number of nitrogens with zero attached hydrogens (tertiary/aromatic N) is 2. The monoisotopic (exact) mass is 460 g/mol. The molecule has 0 radical (unpaired) electrons. The van der Waals surface area contributed by atoms with E-state index in [1.54, 1.807) is 29.2 Å². The van der Waals surface area contributed by atoms with Gasteiger partial charge in [-0.05, 0) is 60.3 Å². The van der Waals surface area contributed by atoms with Crippen molar-refractivity contribution in [2.24, 2.45) is 0 Å². The van der Waals surface area contributed by atoms with Crippen LogP contribution in [0.4, 0.5) is 11.4 Å². The van der Waals surface area contributed by atoms with Crippen LogP contribution in [-0.4, -0.2) is 28.5 Å². The predicted molar refractivity (Wildman–Crippen MR) is 114 cm³/mol. The van der Waals surface area contributed by atoms with E-state index in [1.165, 1.54) is 4.31 Å². The highest BCUT2D eigenvalue weighted by molar-refractivity contribution is 8.01. The Bertz CT molecular complexity index is 933. The van der Waals surface area contributed by atoms with Gasteiger partial charge in [0.15, 0.2) is 0 Å². The van der Waals surface area contributed by atoms with Crippen molar-refractivity contribution in [3.05, 3.63) is 52.0 Å². The van der Waals surface area contributed by atoms with Gasteiger partial charge >= 0.3 is 7.60 Å². The maximum Gasteiger partial charge on any atom is 0.345 e. The SMILES string of the molecule is CCC(=O)N1CCc2cc(N(CP(=O)(O)O)Sc3cc(Cl)cc(Cl)c3)ccc21. The quantitative estimate of drug-likeness (QED) is 0.469. The van der Waals surface area contributed by atoms with E-state index in [-0.39, 0.29) is 5.91 Å². The molecule has 2 N–H and O–H groups in total. The lowest BCUT2D eigenvalue weighted by Gasteiger charge is -2.25. The highest BCUT2D eigenvalue weighted by Gasteiger charge is 2.26. The summed E-state index contributed by atoms with van der Waals surface area (Å²) < 4.78 is 13.2. The molecule has 10 heteroatoms. The Morgan fingerprint density at radius 2 is 1.89 bits per heavy atom. The zero-order valence-electron chi connectivity index (χ0n) is 15.0. The molecule has 2 aromatic rings. The Kier molecular flexibility index (Phi) is 6.65. The Labute approximate surface area is 177 Å². The number of anilines is 2. The number of hydrogen-bond acceptors (Lipinski definition) is 4. The molecule has 1 aliphatic rings. The fraction of sp³-hybridized carbons (Fsp3) is 0.278. The molecule has 0 unspecified atom stereocenters. The first-order valence-corrected chi connectivity index (χ1v) is 11.9. The second-order valence-corrected chi connectivity index (χ2v) is 9.92. The van der Waals surface area contributed by atoms with Gasteiger partial charge in [-0.25, -0.2) is 0 Å². The number of halogens is 2. The van der Waals surface area contributed by atoms with Crippen LogP contribution in [0.1, 0.15) is 18.9 Å². The van der Waals surface area contributed by atoms with E-state index in [1.807, 2.05) is 19.1 Å². The van der Waals surface area contributed by atoms with Crippen LogP contribution < -0.4 is 9.21 Å². The van der Waals surface area contributed by atoms with E-state index < -0.39 is 13.9 Å². The Balaban J connectivity index is 1.93. The van der Waals surface area contributed by atoms with E-state index in [2.05, 4.69) is 0 Å². The van der Waals surface area contributed by atoms with Crippen LogP contribution in [-0.2, 0) is 15.8 Å². The molecule has 28 heavy (non-hydrogen) atoms. The van der Waals surface area contributed by atoms with Gasteiger partial charge < -0.3 is 14.7 Å². The number of fused-ring (bicyclic) bond motifs is 1. The second kappa shape index (κ2) is 8.66. The summed E-state index contributed by atoms with van der Waals surface area (Å²) in [5.41, 5.74) is 2.45. The molecule has 0 fully saturated rings. The summed E-state index contributed by atoms with van der Waals surface area (Å²) in [7, 11) is -4.33. The molecule has 1 heterocycles. The Hall–Kier alpha value is -1.21. The number of rotatable bonds is 6. The van der Waals surface area contributed by atoms with Crippen LogP contribution in [0.2, 0.25) is 10.0 Å². The van der Waals surface area contributed by atoms with Crippen molar-refractivity contribution in [3.63, 3.8) is 0 Å². The van der Waals surface area contributed by atoms with Crippen LogP contribution in [0.5, 0.6) is 0 Å². The summed E-state index contributed by atoms with van der Waals surface area (Å²) in [6.07, 6.45) is 0.654. The molecule has 0 saturated heterocycles. The number of carbonyl (C=O) groups excluding carboxylic acids is 1. The smallest absolute Gasteiger partial charge is 0.323 e. The van der Waals surface area contributed by atoms with Crippen molar-refractivity contribution in [2.75, 3.05) is 22.0 Å². The molecule has 150 valence electrons. The van der Waals surface area contributed by atoms with Crippen molar-refractivity contribution >= 4 is 60.0 Å². The fourth-order valence-electron chi connectivity index (χ4n) is 3.03. The van der Waals surface area contributed by atoms with E-state index >= 15 is 0 Å². The molecule has 2 aromatic carbocycles. The van der Waals surface area contributed by atoms with E-state index in [9.17, 15) is 19.1 Å². The summed E-state index contributed by atoms with van der Waals surface area (Å²) in [4.78, 5) is 33.5. The van der Waals surface area contributed by atoms with Crippen molar-refractivity contribution in [3.8, 4) is 0 Å². The van der Waals surface area contributed by atoms with Gasteiger partial charge in [0.1, 0.15) is 6.29 Å². The maximum absolute atomic E-state index is 12.1. The largest absolute Gasteiger partial charge is 0.345 e. The molecular formula is C18H19Cl2N2O4PS. The van der Waals surface area contributed by atoms with Crippen molar-refractivity contribution < 1.29 is 19.1 Å². The summed E-state index contributed by atoms with van der Waals surface area (Å²) in [6, 6.07) is 10.4. The third kappa shape index (κ3) is 5.23. The molecule has 1 amide bonds. The highest BCUT2D eigenvalue weighted by Crippen LogP contribution is 2.43. The minimum absolute atomic E-state index is 0.0570. The van der Waals surface area contributed by atoms with Gasteiger partial charge in [0.25, 0.3) is 0 Å². The van der Waals surface area contributed by atoms with Crippen LogP contribution >= 0.6 is 42.7 Å². The van der Waals surface area contributed by atoms with Crippen LogP contribution in [0, 0.1) is 0 Å². The molecule has 1 aliphatic heterocycles. The molecular weight excluding hydrogens is 442 g/mol. The molecule has 0 spiro atoms. The molecule has 0 aliphatic carbocycles. The topological polar surface area (TPSA) is 81.1 Å². The lowest BCUT2D eigenvalue weighted by atomic mass is 10.1. The Morgan fingerprint density at radius 1 is 1.21 bits per heavy atom. The van der Waals surface area contributed by atoms with E-state index in [4.69, 9.17) is 23.2 Å². The molecule has 0 atom stereocenters. The minimum Gasteiger partial charge on any atom is -0.323 e. The third-order valence-corrected chi connectivity index (χ3v) is 6.50. The average Bonchev–Trinajstić information content (AvgIpc) is 3.01. The standard InChI is InChI=1S/C18H19Cl2N2O4PS/c1-2-18(23)21-6-5-12-7-15(3-4-17(12)21)22(11-27(24,25)26)28-16-9-13(19)8-14(20)10-16/h3-4,7-10H,2,5-6,11H2,1H3,(H2,24,25,26). The highest BCUT2D eigenvalue weighted by atomic mass is 35.5. The number of benzene rings is 2. The zero-order valence-corrected chi connectivity index (χ0v) is 18.2. The first-order chi connectivity index (χ1) is 13.2. The van der Waals surface area contributed by atoms with Crippen molar-refractivity contribution in [1.82, 2.24) is 0 Å². The number of carbonyl (C=O) groups is 1. The van der Waals surface area contributed by atoms with Gasteiger partial charge in [-0.15, -0.1) is 0 Å². The van der Waals surface area contributed by atoms with Gasteiger partial charge in [-0.2, -0.15) is 0 Å². The first-order valence-electron chi connectivity index (χ1n) is 8.56. The van der Waals surface area contributed by atoms with Gasteiger partial charge in [-0.1, -0.05) is 30.1 Å². The van der Waals surface area contributed by atoms with Crippen molar-refractivity contribution in [1.29, 1.82) is 0 Å². The Morgan fingerprint density at radius 3 is 2.50 bits per heavy atom. The van der Waals surface area contributed by atoms with Gasteiger partial charge in [-0.3, -0.25) is 13.7 Å². The fourth-order valence-corrected chi connectivity index (χ4v) is 5.70. The second-order valence-electron chi connectivity index (χ2n) is 6.34. The first kappa shape index (κ1) is 21.5. The summed E-state index contributed by atoms with van der Waals surface area (Å²) >= 11 is 13.2. The maximum atomic E-state index is 12.1. The van der Waals surface area contributed by atoms with E-state index in [0.29, 0.717) is 40.0 Å². The van der Waals surface area contributed by atoms with Gasteiger partial charge in [0.2, 0.25) is 5.91 Å². The molecule has 0 bridgehead atoms. The number of amides is 1.